The highest BCUT2D eigenvalue weighted by molar-refractivity contribution is 5.79. The summed E-state index contributed by atoms with van der Waals surface area (Å²) in [4.78, 5) is 4.24. The Kier molecular flexibility index (Phi) is 9.00. The highest BCUT2D eigenvalue weighted by Gasteiger charge is 2.03. The third-order valence-corrected chi connectivity index (χ3v) is 4.05. The second-order valence-electron chi connectivity index (χ2n) is 5.92. The highest BCUT2D eigenvalue weighted by atomic mass is 16.5. The summed E-state index contributed by atoms with van der Waals surface area (Å²) in [6.45, 7) is 2.72. The molecule has 0 amide bonds. The Balaban J connectivity index is 1.61. The van der Waals surface area contributed by atoms with E-state index in [1.54, 1.807) is 21.3 Å². The van der Waals surface area contributed by atoms with Crippen molar-refractivity contribution < 1.29 is 14.2 Å². The second kappa shape index (κ2) is 11.8. The van der Waals surface area contributed by atoms with Crippen molar-refractivity contribution in [3.05, 3.63) is 59.7 Å². The number of methoxy groups -OCH3 is 2. The normalized spacial score (nSPS) is 11.1. The molecule has 0 aromatic heterocycles. The van der Waals surface area contributed by atoms with Gasteiger partial charge in [-0.25, -0.2) is 0 Å². The summed E-state index contributed by atoms with van der Waals surface area (Å²) in [6, 6.07) is 15.9. The Morgan fingerprint density at radius 1 is 0.963 bits per heavy atom. The predicted molar refractivity (Wildman–Crippen MR) is 108 cm³/mol. The van der Waals surface area contributed by atoms with E-state index in [0.29, 0.717) is 19.8 Å². The van der Waals surface area contributed by atoms with Gasteiger partial charge in [0, 0.05) is 32.3 Å². The summed E-state index contributed by atoms with van der Waals surface area (Å²) < 4.78 is 16.2. The molecule has 146 valence electrons. The van der Waals surface area contributed by atoms with E-state index < -0.39 is 0 Å². The van der Waals surface area contributed by atoms with Crippen molar-refractivity contribution >= 4 is 5.96 Å². The van der Waals surface area contributed by atoms with Gasteiger partial charge in [0.05, 0.1) is 20.8 Å². The molecule has 0 bridgehead atoms. The molecule has 0 aliphatic rings. The zero-order valence-electron chi connectivity index (χ0n) is 16.3. The first-order valence-corrected chi connectivity index (χ1v) is 9.04. The van der Waals surface area contributed by atoms with E-state index in [0.717, 1.165) is 41.6 Å². The first kappa shape index (κ1) is 20.6. The number of benzene rings is 2. The van der Waals surface area contributed by atoms with Crippen LogP contribution in [0.25, 0.3) is 0 Å². The summed E-state index contributed by atoms with van der Waals surface area (Å²) in [7, 11) is 5.10. The smallest absolute Gasteiger partial charge is 0.191 e. The number of aliphatic imine (C=N–C) groups is 1. The number of guanidine groups is 1. The number of nitrogens with one attached hydrogen (secondary N) is 2. The first-order chi connectivity index (χ1) is 13.3. The van der Waals surface area contributed by atoms with Crippen molar-refractivity contribution in [3.8, 4) is 11.5 Å². The van der Waals surface area contributed by atoms with Gasteiger partial charge in [-0.3, -0.25) is 4.99 Å². The molecule has 0 aliphatic heterocycles. The average Bonchev–Trinajstić information content (AvgIpc) is 2.73. The first-order valence-electron chi connectivity index (χ1n) is 9.04. The maximum absolute atomic E-state index is 5.71. The minimum atomic E-state index is 0.602. The second-order valence-corrected chi connectivity index (χ2v) is 5.92. The van der Waals surface area contributed by atoms with E-state index in [2.05, 4.69) is 15.6 Å². The SMILES string of the molecule is CN=C(NCCCOCc1ccc(OC)cc1)NCc1ccccc1OC. The molecule has 0 fully saturated rings. The van der Waals surface area contributed by atoms with Crippen molar-refractivity contribution in [1.29, 1.82) is 0 Å². The topological polar surface area (TPSA) is 64.1 Å². The third kappa shape index (κ3) is 7.19. The zero-order chi connectivity index (χ0) is 19.3. The third-order valence-electron chi connectivity index (χ3n) is 4.05. The number of hydrogen-bond acceptors (Lipinski definition) is 4. The van der Waals surface area contributed by atoms with Crippen LogP contribution in [-0.4, -0.2) is 40.4 Å². The minimum absolute atomic E-state index is 0.602. The lowest BCUT2D eigenvalue weighted by atomic mass is 10.2. The van der Waals surface area contributed by atoms with E-state index in [4.69, 9.17) is 14.2 Å². The predicted octanol–water partition coefficient (Wildman–Crippen LogP) is 2.98. The van der Waals surface area contributed by atoms with Gasteiger partial charge in [0.25, 0.3) is 0 Å². The molecule has 0 heterocycles. The molecule has 0 aliphatic carbocycles. The lowest BCUT2D eigenvalue weighted by molar-refractivity contribution is 0.119. The lowest BCUT2D eigenvalue weighted by Crippen LogP contribution is -2.37. The Labute approximate surface area is 161 Å². The van der Waals surface area contributed by atoms with Crippen LogP contribution in [0.15, 0.2) is 53.5 Å². The number of ether oxygens (including phenoxy) is 3. The standard InChI is InChI=1S/C21H29N3O3/c1-22-21(24-15-18-7-4-5-8-20(18)26-3)23-13-6-14-27-16-17-9-11-19(25-2)12-10-17/h4-5,7-12H,6,13-16H2,1-3H3,(H2,22,23,24). The summed E-state index contributed by atoms with van der Waals surface area (Å²) in [5.74, 6) is 2.48. The molecular formula is C21H29N3O3. The van der Waals surface area contributed by atoms with Crippen molar-refractivity contribution in [2.24, 2.45) is 4.99 Å². The van der Waals surface area contributed by atoms with E-state index in [1.807, 2.05) is 48.5 Å². The van der Waals surface area contributed by atoms with Gasteiger partial charge in [-0.2, -0.15) is 0 Å². The average molecular weight is 371 g/mol. The van der Waals surface area contributed by atoms with Crippen molar-refractivity contribution in [2.45, 2.75) is 19.6 Å². The molecule has 0 saturated heterocycles. The molecule has 27 heavy (non-hydrogen) atoms. The molecule has 0 spiro atoms. The maximum Gasteiger partial charge on any atom is 0.191 e. The summed E-state index contributed by atoms with van der Waals surface area (Å²) in [5, 5.41) is 6.59. The van der Waals surface area contributed by atoms with Crippen molar-refractivity contribution in [3.63, 3.8) is 0 Å². The Hall–Kier alpha value is -2.73. The van der Waals surface area contributed by atoms with Crippen LogP contribution in [0.2, 0.25) is 0 Å². The Bertz CT molecular complexity index is 702. The molecule has 0 unspecified atom stereocenters. The van der Waals surface area contributed by atoms with Crippen LogP contribution in [0, 0.1) is 0 Å². The van der Waals surface area contributed by atoms with E-state index in [1.165, 1.54) is 0 Å². The van der Waals surface area contributed by atoms with Crippen LogP contribution in [0.5, 0.6) is 11.5 Å². The van der Waals surface area contributed by atoms with E-state index in [-0.39, 0.29) is 0 Å². The number of hydrogen-bond donors (Lipinski definition) is 2. The lowest BCUT2D eigenvalue weighted by Gasteiger charge is -2.13. The zero-order valence-corrected chi connectivity index (χ0v) is 16.3. The van der Waals surface area contributed by atoms with Gasteiger partial charge in [0.1, 0.15) is 11.5 Å². The van der Waals surface area contributed by atoms with Crippen LogP contribution in [0.3, 0.4) is 0 Å². The molecule has 2 aromatic carbocycles. The number of nitrogens with zero attached hydrogens (tertiary/aromatic N) is 1. The van der Waals surface area contributed by atoms with Gasteiger partial charge >= 0.3 is 0 Å². The quantitative estimate of drug-likeness (QED) is 0.382. The van der Waals surface area contributed by atoms with Crippen LogP contribution < -0.4 is 20.1 Å². The van der Waals surface area contributed by atoms with Crippen LogP contribution in [0.4, 0.5) is 0 Å². The Morgan fingerprint density at radius 2 is 1.74 bits per heavy atom. The van der Waals surface area contributed by atoms with Crippen molar-refractivity contribution in [1.82, 2.24) is 10.6 Å². The van der Waals surface area contributed by atoms with Gasteiger partial charge in [-0.05, 0) is 30.2 Å². The van der Waals surface area contributed by atoms with Gasteiger partial charge in [-0.1, -0.05) is 30.3 Å². The minimum Gasteiger partial charge on any atom is -0.497 e. The molecule has 0 saturated carbocycles. The maximum atomic E-state index is 5.71. The largest absolute Gasteiger partial charge is 0.497 e. The molecule has 0 atom stereocenters. The van der Waals surface area contributed by atoms with Gasteiger partial charge in [-0.15, -0.1) is 0 Å². The monoisotopic (exact) mass is 371 g/mol. The van der Waals surface area contributed by atoms with E-state index in [9.17, 15) is 0 Å². The van der Waals surface area contributed by atoms with Gasteiger partial charge < -0.3 is 24.8 Å². The Morgan fingerprint density at radius 3 is 2.44 bits per heavy atom. The van der Waals surface area contributed by atoms with Crippen LogP contribution >= 0.6 is 0 Å². The van der Waals surface area contributed by atoms with Crippen molar-refractivity contribution in [2.75, 3.05) is 34.4 Å². The number of rotatable bonds is 10. The van der Waals surface area contributed by atoms with Crippen LogP contribution in [0.1, 0.15) is 17.5 Å². The molecule has 2 rings (SSSR count). The fraction of sp³-hybridized carbons (Fsp3) is 0.381. The molecular weight excluding hydrogens is 342 g/mol. The molecule has 0 radical (unpaired) electrons. The molecule has 2 aromatic rings. The molecule has 6 nitrogen and oxygen atoms in total. The fourth-order valence-electron chi connectivity index (χ4n) is 2.54. The highest BCUT2D eigenvalue weighted by Crippen LogP contribution is 2.16. The summed E-state index contributed by atoms with van der Waals surface area (Å²) in [5.41, 5.74) is 2.23. The van der Waals surface area contributed by atoms with E-state index >= 15 is 0 Å². The van der Waals surface area contributed by atoms with Gasteiger partial charge in [0.2, 0.25) is 0 Å². The fourth-order valence-corrected chi connectivity index (χ4v) is 2.54. The molecule has 6 heteroatoms. The number of para-hydroxylation sites is 1. The summed E-state index contributed by atoms with van der Waals surface area (Å²) in [6.07, 6.45) is 0.894. The van der Waals surface area contributed by atoms with Gasteiger partial charge in [0.15, 0.2) is 5.96 Å². The molecule has 2 N–H and O–H groups in total. The summed E-state index contributed by atoms with van der Waals surface area (Å²) >= 11 is 0. The van der Waals surface area contributed by atoms with Crippen LogP contribution in [-0.2, 0) is 17.9 Å².